The molecule has 0 aromatic rings. The Balaban J connectivity index is 2.40. The van der Waals surface area contributed by atoms with Crippen LogP contribution in [0.2, 0.25) is 0 Å². The molecule has 0 aromatic heterocycles. The Labute approximate surface area is 94.0 Å². The summed E-state index contributed by atoms with van der Waals surface area (Å²) >= 11 is 0. The molecule has 1 rings (SSSR count). The van der Waals surface area contributed by atoms with E-state index in [0.29, 0.717) is 5.92 Å². The summed E-state index contributed by atoms with van der Waals surface area (Å²) in [5.41, 5.74) is -0.397. The Bertz CT molecular complexity index is 156. The molecule has 0 aromatic carbocycles. The van der Waals surface area contributed by atoms with Gasteiger partial charge in [0, 0.05) is 13.2 Å². The van der Waals surface area contributed by atoms with E-state index in [1.54, 1.807) is 0 Å². The maximum absolute atomic E-state index is 10.5. The Morgan fingerprint density at radius 3 is 2.13 bits per heavy atom. The van der Waals surface area contributed by atoms with Gasteiger partial charge in [0.25, 0.3) is 0 Å². The Hall–Kier alpha value is -0.0800. The van der Waals surface area contributed by atoms with Gasteiger partial charge in [0.2, 0.25) is 0 Å². The summed E-state index contributed by atoms with van der Waals surface area (Å²) in [5.74, 6) is 0.682. The van der Waals surface area contributed by atoms with E-state index in [-0.39, 0.29) is 0 Å². The van der Waals surface area contributed by atoms with E-state index in [4.69, 9.17) is 4.74 Å². The van der Waals surface area contributed by atoms with Gasteiger partial charge in [-0.1, -0.05) is 26.7 Å². The van der Waals surface area contributed by atoms with E-state index in [2.05, 4.69) is 13.8 Å². The zero-order valence-corrected chi connectivity index (χ0v) is 10.3. The van der Waals surface area contributed by atoms with Gasteiger partial charge in [-0.15, -0.1) is 0 Å². The van der Waals surface area contributed by atoms with Crippen LogP contribution in [0.3, 0.4) is 0 Å². The number of hydrogen-bond acceptors (Lipinski definition) is 2. The number of aliphatic hydroxyl groups is 1. The minimum atomic E-state index is -0.397. The van der Waals surface area contributed by atoms with Gasteiger partial charge < -0.3 is 9.84 Å². The topological polar surface area (TPSA) is 29.5 Å². The smallest absolute Gasteiger partial charge is 0.0650 e. The molecule has 0 atom stereocenters. The molecule has 1 saturated heterocycles. The maximum atomic E-state index is 10.5. The van der Waals surface area contributed by atoms with Crippen LogP contribution in [-0.4, -0.2) is 23.9 Å². The van der Waals surface area contributed by atoms with Crippen LogP contribution in [0.25, 0.3) is 0 Å². The Morgan fingerprint density at radius 1 is 1.13 bits per heavy atom. The summed E-state index contributed by atoms with van der Waals surface area (Å²) in [7, 11) is 0. The second-order valence-corrected chi connectivity index (χ2v) is 4.98. The molecule has 90 valence electrons. The highest BCUT2D eigenvalue weighted by molar-refractivity contribution is 4.81. The summed E-state index contributed by atoms with van der Waals surface area (Å²) in [6.07, 6.45) is 7.33. The van der Waals surface area contributed by atoms with Crippen LogP contribution in [0, 0.1) is 5.92 Å². The molecule has 0 radical (unpaired) electrons. The average molecular weight is 214 g/mol. The standard InChI is InChI=1S/C13H26O2/c1-3-7-13(14,8-4-2)11-12-5-9-15-10-6-12/h12,14H,3-11H2,1-2H3. The van der Waals surface area contributed by atoms with Crippen LogP contribution in [0.4, 0.5) is 0 Å². The van der Waals surface area contributed by atoms with Crippen molar-refractivity contribution in [3.05, 3.63) is 0 Å². The summed E-state index contributed by atoms with van der Waals surface area (Å²) in [6, 6.07) is 0. The minimum absolute atomic E-state index is 0.397. The summed E-state index contributed by atoms with van der Waals surface area (Å²) in [4.78, 5) is 0. The highest BCUT2D eigenvalue weighted by Crippen LogP contribution is 2.31. The first-order valence-corrected chi connectivity index (χ1v) is 6.50. The lowest BCUT2D eigenvalue weighted by atomic mass is 9.81. The van der Waals surface area contributed by atoms with Gasteiger partial charge >= 0.3 is 0 Å². The van der Waals surface area contributed by atoms with Crippen LogP contribution in [-0.2, 0) is 4.74 Å². The van der Waals surface area contributed by atoms with Crippen molar-refractivity contribution in [3.63, 3.8) is 0 Å². The first kappa shape index (κ1) is 13.0. The van der Waals surface area contributed by atoms with Crippen molar-refractivity contribution in [2.45, 2.75) is 64.4 Å². The van der Waals surface area contributed by atoms with E-state index in [1.165, 1.54) is 0 Å². The third-order valence-electron chi connectivity index (χ3n) is 3.44. The third-order valence-corrected chi connectivity index (χ3v) is 3.44. The molecule has 2 nitrogen and oxygen atoms in total. The van der Waals surface area contributed by atoms with E-state index in [1.807, 2.05) is 0 Å². The molecule has 15 heavy (non-hydrogen) atoms. The molecule has 2 heteroatoms. The molecule has 0 spiro atoms. The SMILES string of the molecule is CCCC(O)(CCC)CC1CCOCC1. The molecule has 0 saturated carbocycles. The molecular formula is C13H26O2. The van der Waals surface area contributed by atoms with Crippen molar-refractivity contribution in [1.29, 1.82) is 0 Å². The van der Waals surface area contributed by atoms with Crippen LogP contribution < -0.4 is 0 Å². The van der Waals surface area contributed by atoms with E-state index in [9.17, 15) is 5.11 Å². The molecule has 1 fully saturated rings. The summed E-state index contributed by atoms with van der Waals surface area (Å²) < 4.78 is 5.35. The van der Waals surface area contributed by atoms with Crippen molar-refractivity contribution in [1.82, 2.24) is 0 Å². The molecule has 1 N–H and O–H groups in total. The predicted molar refractivity (Wildman–Crippen MR) is 62.9 cm³/mol. The lowest BCUT2D eigenvalue weighted by Crippen LogP contribution is -2.33. The maximum Gasteiger partial charge on any atom is 0.0650 e. The van der Waals surface area contributed by atoms with Gasteiger partial charge in [0.05, 0.1) is 5.60 Å². The zero-order chi connectivity index (χ0) is 11.1. The first-order chi connectivity index (χ1) is 7.20. The summed E-state index contributed by atoms with van der Waals surface area (Å²) in [5, 5.41) is 10.5. The number of rotatable bonds is 6. The van der Waals surface area contributed by atoms with Gasteiger partial charge in [-0.25, -0.2) is 0 Å². The highest BCUT2D eigenvalue weighted by atomic mass is 16.5. The Morgan fingerprint density at radius 2 is 1.67 bits per heavy atom. The van der Waals surface area contributed by atoms with Gasteiger partial charge in [-0.05, 0) is 38.0 Å². The molecule has 0 amide bonds. The highest BCUT2D eigenvalue weighted by Gasteiger charge is 2.29. The summed E-state index contributed by atoms with van der Waals surface area (Å²) in [6.45, 7) is 6.09. The second-order valence-electron chi connectivity index (χ2n) is 4.98. The van der Waals surface area contributed by atoms with Crippen molar-refractivity contribution >= 4 is 0 Å². The molecule has 1 heterocycles. The zero-order valence-electron chi connectivity index (χ0n) is 10.3. The van der Waals surface area contributed by atoms with Crippen molar-refractivity contribution in [2.75, 3.05) is 13.2 Å². The van der Waals surface area contributed by atoms with E-state index < -0.39 is 5.60 Å². The molecular weight excluding hydrogens is 188 g/mol. The third kappa shape index (κ3) is 4.52. The molecule has 0 aliphatic carbocycles. The van der Waals surface area contributed by atoms with Crippen LogP contribution in [0.5, 0.6) is 0 Å². The molecule has 1 aliphatic rings. The van der Waals surface area contributed by atoms with Gasteiger partial charge in [0.1, 0.15) is 0 Å². The first-order valence-electron chi connectivity index (χ1n) is 6.50. The van der Waals surface area contributed by atoms with Crippen molar-refractivity contribution < 1.29 is 9.84 Å². The number of ether oxygens (including phenoxy) is 1. The van der Waals surface area contributed by atoms with Crippen molar-refractivity contribution in [3.8, 4) is 0 Å². The van der Waals surface area contributed by atoms with E-state index in [0.717, 1.165) is 58.2 Å². The minimum Gasteiger partial charge on any atom is -0.390 e. The van der Waals surface area contributed by atoms with E-state index >= 15 is 0 Å². The molecule has 1 aliphatic heterocycles. The predicted octanol–water partition coefficient (Wildman–Crippen LogP) is 3.13. The number of hydrogen-bond donors (Lipinski definition) is 1. The fourth-order valence-electron chi connectivity index (χ4n) is 2.75. The molecule has 0 bridgehead atoms. The lowest BCUT2D eigenvalue weighted by Gasteiger charge is -2.33. The van der Waals surface area contributed by atoms with Gasteiger partial charge in [-0.3, -0.25) is 0 Å². The fraction of sp³-hybridized carbons (Fsp3) is 1.00. The monoisotopic (exact) mass is 214 g/mol. The van der Waals surface area contributed by atoms with Crippen LogP contribution in [0.1, 0.15) is 58.8 Å². The fourth-order valence-corrected chi connectivity index (χ4v) is 2.75. The lowest BCUT2D eigenvalue weighted by molar-refractivity contribution is -0.0241. The van der Waals surface area contributed by atoms with Gasteiger partial charge in [0.15, 0.2) is 0 Å². The van der Waals surface area contributed by atoms with Crippen LogP contribution >= 0.6 is 0 Å². The largest absolute Gasteiger partial charge is 0.390 e. The normalized spacial score (nSPS) is 19.4. The van der Waals surface area contributed by atoms with Gasteiger partial charge in [-0.2, -0.15) is 0 Å². The quantitative estimate of drug-likeness (QED) is 0.736. The average Bonchev–Trinajstić information content (AvgIpc) is 2.19. The molecule has 0 unspecified atom stereocenters. The van der Waals surface area contributed by atoms with Crippen molar-refractivity contribution in [2.24, 2.45) is 5.92 Å². The Kier molecular flexibility index (Phi) is 5.62. The van der Waals surface area contributed by atoms with Crippen LogP contribution in [0.15, 0.2) is 0 Å². The second kappa shape index (κ2) is 6.49.